The molecule has 0 atom stereocenters. The zero-order chi connectivity index (χ0) is 21.8. The zero-order valence-electron chi connectivity index (χ0n) is 16.3. The third-order valence-corrected chi connectivity index (χ3v) is 5.09. The van der Waals surface area contributed by atoms with E-state index in [0.717, 1.165) is 10.5 Å². The Kier molecular flexibility index (Phi) is 5.82. The molecule has 3 aromatic carbocycles. The summed E-state index contributed by atoms with van der Waals surface area (Å²) < 4.78 is 0. The summed E-state index contributed by atoms with van der Waals surface area (Å²) in [5.41, 5.74) is 2.52. The Balaban J connectivity index is 1.44. The van der Waals surface area contributed by atoms with Crippen LogP contribution in [-0.2, 0) is 16.1 Å². The summed E-state index contributed by atoms with van der Waals surface area (Å²) in [6.07, 6.45) is 0. The van der Waals surface area contributed by atoms with Gasteiger partial charge in [-0.2, -0.15) is 0 Å². The van der Waals surface area contributed by atoms with Crippen LogP contribution in [0.1, 0.15) is 15.9 Å². The van der Waals surface area contributed by atoms with Crippen LogP contribution in [0.15, 0.2) is 95.7 Å². The van der Waals surface area contributed by atoms with Crippen molar-refractivity contribution in [3.05, 3.63) is 107 Å². The number of nitrogens with one attached hydrogen (secondary N) is 2. The number of anilines is 2. The summed E-state index contributed by atoms with van der Waals surface area (Å²) in [6, 6.07) is 24.9. The highest BCUT2D eigenvalue weighted by Crippen LogP contribution is 2.27. The fourth-order valence-electron chi connectivity index (χ4n) is 3.14. The molecule has 3 amide bonds. The first-order valence-corrected chi connectivity index (χ1v) is 9.94. The number of amides is 3. The Hall–Kier alpha value is -3.90. The third-order valence-electron chi connectivity index (χ3n) is 4.74. The SMILES string of the molecule is O=C(Nc1ccccc1)c1ccc(NC2=C(Cl)C(=O)N(Cc3ccccc3)C2=O)cc1. The lowest BCUT2D eigenvalue weighted by Crippen LogP contribution is -2.31. The smallest absolute Gasteiger partial charge is 0.279 e. The molecule has 0 fully saturated rings. The van der Waals surface area contributed by atoms with Gasteiger partial charge in [0.25, 0.3) is 17.7 Å². The van der Waals surface area contributed by atoms with E-state index in [1.807, 2.05) is 48.5 Å². The Bertz CT molecular complexity index is 1160. The predicted molar refractivity (Wildman–Crippen MR) is 119 cm³/mol. The molecule has 0 bridgehead atoms. The normalized spacial score (nSPS) is 13.5. The highest BCUT2D eigenvalue weighted by atomic mass is 35.5. The van der Waals surface area contributed by atoms with E-state index in [1.54, 1.807) is 36.4 Å². The number of para-hydroxylation sites is 1. The highest BCUT2D eigenvalue weighted by molar-refractivity contribution is 6.48. The van der Waals surface area contributed by atoms with E-state index in [9.17, 15) is 14.4 Å². The second kappa shape index (κ2) is 8.85. The van der Waals surface area contributed by atoms with E-state index < -0.39 is 11.8 Å². The van der Waals surface area contributed by atoms with Crippen LogP contribution < -0.4 is 10.6 Å². The number of halogens is 1. The first kappa shape index (κ1) is 20.4. The van der Waals surface area contributed by atoms with Gasteiger partial charge in [-0.1, -0.05) is 60.1 Å². The first-order chi connectivity index (χ1) is 15.0. The Morgan fingerprint density at radius 2 is 1.39 bits per heavy atom. The average molecular weight is 432 g/mol. The molecule has 0 aliphatic carbocycles. The second-order valence-corrected chi connectivity index (χ2v) is 7.27. The van der Waals surface area contributed by atoms with Gasteiger partial charge in [0, 0.05) is 16.9 Å². The van der Waals surface area contributed by atoms with Crippen LogP contribution in [0.4, 0.5) is 11.4 Å². The lowest BCUT2D eigenvalue weighted by molar-refractivity contribution is -0.138. The summed E-state index contributed by atoms with van der Waals surface area (Å²) in [6.45, 7) is 0.137. The Morgan fingerprint density at radius 3 is 2.03 bits per heavy atom. The molecular formula is C24H18ClN3O3. The molecule has 2 N–H and O–H groups in total. The number of hydrogen-bond acceptors (Lipinski definition) is 4. The molecular weight excluding hydrogens is 414 g/mol. The van der Waals surface area contributed by atoms with Gasteiger partial charge in [-0.15, -0.1) is 0 Å². The molecule has 1 aliphatic heterocycles. The van der Waals surface area contributed by atoms with Crippen molar-refractivity contribution in [2.45, 2.75) is 6.54 Å². The molecule has 0 spiro atoms. The standard InChI is InChI=1S/C24H18ClN3O3/c25-20-21(24(31)28(23(20)30)15-16-7-3-1-4-8-16)26-19-13-11-17(12-14-19)22(29)27-18-9-5-2-6-10-18/h1-14,26H,15H2,(H,27,29). The molecule has 3 aromatic rings. The van der Waals surface area contributed by atoms with Gasteiger partial charge < -0.3 is 10.6 Å². The largest absolute Gasteiger partial charge is 0.350 e. The monoisotopic (exact) mass is 431 g/mol. The molecule has 4 rings (SSSR count). The molecule has 0 unspecified atom stereocenters. The number of hydrogen-bond donors (Lipinski definition) is 2. The van der Waals surface area contributed by atoms with Crippen LogP contribution in [0.5, 0.6) is 0 Å². The maximum atomic E-state index is 12.7. The zero-order valence-corrected chi connectivity index (χ0v) is 17.1. The van der Waals surface area contributed by atoms with E-state index in [4.69, 9.17) is 11.6 Å². The van der Waals surface area contributed by atoms with Crippen LogP contribution in [0.25, 0.3) is 0 Å². The highest BCUT2D eigenvalue weighted by Gasteiger charge is 2.37. The topological polar surface area (TPSA) is 78.5 Å². The van der Waals surface area contributed by atoms with Crippen LogP contribution in [0.3, 0.4) is 0 Å². The molecule has 6 nitrogen and oxygen atoms in total. The molecule has 154 valence electrons. The number of carbonyl (C=O) groups excluding carboxylic acids is 3. The van der Waals surface area contributed by atoms with Gasteiger partial charge >= 0.3 is 0 Å². The minimum absolute atomic E-state index is 0.0177. The van der Waals surface area contributed by atoms with Crippen LogP contribution in [-0.4, -0.2) is 22.6 Å². The molecule has 31 heavy (non-hydrogen) atoms. The maximum absolute atomic E-state index is 12.7. The summed E-state index contributed by atoms with van der Waals surface area (Å²) in [7, 11) is 0. The van der Waals surface area contributed by atoms with E-state index in [2.05, 4.69) is 10.6 Å². The summed E-state index contributed by atoms with van der Waals surface area (Å²) in [4.78, 5) is 38.7. The Labute approximate surface area is 184 Å². The fraction of sp³-hybridized carbons (Fsp3) is 0.0417. The third kappa shape index (κ3) is 4.49. The van der Waals surface area contributed by atoms with Crippen LogP contribution >= 0.6 is 11.6 Å². The van der Waals surface area contributed by atoms with Gasteiger partial charge in [0.1, 0.15) is 10.7 Å². The van der Waals surface area contributed by atoms with Crippen LogP contribution in [0.2, 0.25) is 0 Å². The van der Waals surface area contributed by atoms with E-state index >= 15 is 0 Å². The van der Waals surface area contributed by atoms with E-state index in [-0.39, 0.29) is 23.2 Å². The first-order valence-electron chi connectivity index (χ1n) is 9.56. The molecule has 0 saturated heterocycles. The van der Waals surface area contributed by atoms with E-state index in [1.165, 1.54) is 0 Å². The second-order valence-electron chi connectivity index (χ2n) is 6.89. The van der Waals surface area contributed by atoms with Gasteiger partial charge in [0.2, 0.25) is 0 Å². The van der Waals surface area contributed by atoms with Crippen molar-refractivity contribution in [3.63, 3.8) is 0 Å². The van der Waals surface area contributed by atoms with E-state index in [0.29, 0.717) is 16.9 Å². The van der Waals surface area contributed by atoms with Crippen molar-refractivity contribution in [3.8, 4) is 0 Å². The van der Waals surface area contributed by atoms with Gasteiger partial charge in [-0.05, 0) is 42.0 Å². The van der Waals surface area contributed by atoms with Gasteiger partial charge in [0.15, 0.2) is 0 Å². The molecule has 7 heteroatoms. The fourth-order valence-corrected chi connectivity index (χ4v) is 3.37. The van der Waals surface area contributed by atoms with Crippen molar-refractivity contribution >= 4 is 40.7 Å². The van der Waals surface area contributed by atoms with Gasteiger partial charge in [-0.25, -0.2) is 0 Å². The molecule has 0 aromatic heterocycles. The number of imide groups is 1. The molecule has 1 aliphatic rings. The lowest BCUT2D eigenvalue weighted by atomic mass is 10.2. The maximum Gasteiger partial charge on any atom is 0.279 e. The number of carbonyl (C=O) groups is 3. The summed E-state index contributed by atoms with van der Waals surface area (Å²) >= 11 is 6.15. The van der Waals surface area contributed by atoms with Gasteiger partial charge in [-0.3, -0.25) is 19.3 Å². The Morgan fingerprint density at radius 1 is 0.774 bits per heavy atom. The summed E-state index contributed by atoms with van der Waals surface area (Å²) in [5.74, 6) is -1.29. The van der Waals surface area contributed by atoms with Crippen molar-refractivity contribution < 1.29 is 14.4 Å². The van der Waals surface area contributed by atoms with Crippen molar-refractivity contribution in [2.24, 2.45) is 0 Å². The number of rotatable bonds is 6. The predicted octanol–water partition coefficient (Wildman–Crippen LogP) is 4.37. The average Bonchev–Trinajstić information content (AvgIpc) is 2.99. The molecule has 1 heterocycles. The molecule has 0 saturated carbocycles. The molecule has 0 radical (unpaired) electrons. The van der Waals surface area contributed by atoms with Crippen molar-refractivity contribution in [1.82, 2.24) is 4.90 Å². The van der Waals surface area contributed by atoms with Crippen molar-refractivity contribution in [1.29, 1.82) is 0 Å². The minimum atomic E-state index is -0.545. The number of benzene rings is 3. The number of nitrogens with zero attached hydrogens (tertiary/aromatic N) is 1. The van der Waals surface area contributed by atoms with Gasteiger partial charge in [0.05, 0.1) is 6.54 Å². The van der Waals surface area contributed by atoms with Crippen LogP contribution in [0, 0.1) is 0 Å². The quantitative estimate of drug-likeness (QED) is 0.568. The van der Waals surface area contributed by atoms with Crippen molar-refractivity contribution in [2.75, 3.05) is 10.6 Å². The minimum Gasteiger partial charge on any atom is -0.350 e. The lowest BCUT2D eigenvalue weighted by Gasteiger charge is -2.15. The summed E-state index contributed by atoms with van der Waals surface area (Å²) in [5, 5.41) is 5.55.